The van der Waals surface area contributed by atoms with Gasteiger partial charge in [0.15, 0.2) is 5.79 Å². The fourth-order valence-corrected chi connectivity index (χ4v) is 8.15. The summed E-state index contributed by atoms with van der Waals surface area (Å²) in [5, 5.41) is 10.5. The molecule has 0 bridgehead atoms. The van der Waals surface area contributed by atoms with Crippen molar-refractivity contribution in [3.63, 3.8) is 0 Å². The van der Waals surface area contributed by atoms with Gasteiger partial charge in [0.05, 0.1) is 6.10 Å². The first-order valence-corrected chi connectivity index (χ1v) is 11.4. The van der Waals surface area contributed by atoms with Gasteiger partial charge in [-0.3, -0.25) is 0 Å². The van der Waals surface area contributed by atoms with E-state index in [1.165, 1.54) is 38.5 Å². The van der Waals surface area contributed by atoms with Crippen molar-refractivity contribution in [2.75, 3.05) is 0 Å². The van der Waals surface area contributed by atoms with E-state index >= 15 is 0 Å². The van der Waals surface area contributed by atoms with Gasteiger partial charge in [-0.2, -0.15) is 0 Å². The normalized spacial score (nSPS) is 52.6. The average Bonchev–Trinajstić information content (AvgIpc) is 2.91. The third kappa shape index (κ3) is 3.13. The highest BCUT2D eigenvalue weighted by molar-refractivity contribution is 5.13. The highest BCUT2D eigenvalue weighted by atomic mass is 16.6. The Labute approximate surface area is 166 Å². The Morgan fingerprint density at radius 1 is 1.04 bits per heavy atom. The Morgan fingerprint density at radius 2 is 1.70 bits per heavy atom. The molecule has 4 fully saturated rings. The Hall–Kier alpha value is -0.380. The smallest absolute Gasteiger partial charge is 0.160 e. The lowest BCUT2D eigenvalue weighted by Crippen LogP contribution is -2.60. The molecule has 4 rings (SSSR count). The van der Waals surface area contributed by atoms with E-state index in [1.54, 1.807) is 13.8 Å². The molecule has 0 radical (unpaired) electrons. The van der Waals surface area contributed by atoms with E-state index in [0.717, 1.165) is 12.8 Å². The number of allylic oxidation sites excluding steroid dienone is 1. The molecule has 0 aromatic carbocycles. The monoisotopic (exact) mass is 375 g/mol. The highest BCUT2D eigenvalue weighted by Gasteiger charge is 2.62. The number of aliphatic hydroxyl groups is 1. The number of hydrogen-bond donors (Lipinski definition) is 2. The van der Waals surface area contributed by atoms with Crippen molar-refractivity contribution >= 4 is 0 Å². The summed E-state index contributed by atoms with van der Waals surface area (Å²) in [5.74, 6) is 2.17. The number of rotatable bonds is 3. The van der Waals surface area contributed by atoms with Gasteiger partial charge >= 0.3 is 0 Å². The standard InChI is InChI=1S/C24H41NO2/c1-6-15-7-8-18-21-19(10-12-23(15,18)4)24(5)11-9-17(25)13-16(24)14-20(21)27-22(2,3)26/h6,15-21,26H,1,7-14,25H2,2-5H3. The summed E-state index contributed by atoms with van der Waals surface area (Å²) in [6.07, 6.45) is 12.2. The minimum Gasteiger partial charge on any atom is -0.366 e. The van der Waals surface area contributed by atoms with Crippen molar-refractivity contribution < 1.29 is 9.84 Å². The van der Waals surface area contributed by atoms with Gasteiger partial charge in [-0.15, -0.1) is 6.58 Å². The van der Waals surface area contributed by atoms with Crippen molar-refractivity contribution in [2.45, 2.75) is 97.0 Å². The number of nitrogens with two attached hydrogens (primary N) is 1. The summed E-state index contributed by atoms with van der Waals surface area (Å²) in [6, 6.07) is 0.341. The number of ether oxygens (including phenoxy) is 1. The molecule has 0 spiro atoms. The van der Waals surface area contributed by atoms with Crippen LogP contribution in [0.15, 0.2) is 12.7 Å². The fraction of sp³-hybridized carbons (Fsp3) is 0.917. The lowest BCUT2D eigenvalue weighted by atomic mass is 9.44. The van der Waals surface area contributed by atoms with E-state index in [4.69, 9.17) is 10.5 Å². The third-order valence-corrected chi connectivity index (χ3v) is 9.50. The van der Waals surface area contributed by atoms with Gasteiger partial charge < -0.3 is 15.6 Å². The summed E-state index contributed by atoms with van der Waals surface area (Å²) in [4.78, 5) is 0. The van der Waals surface area contributed by atoms with Crippen LogP contribution in [-0.4, -0.2) is 23.0 Å². The van der Waals surface area contributed by atoms with Crippen LogP contribution in [0.4, 0.5) is 0 Å². The quantitative estimate of drug-likeness (QED) is 0.546. The van der Waals surface area contributed by atoms with Gasteiger partial charge in [-0.05, 0) is 106 Å². The van der Waals surface area contributed by atoms with Gasteiger partial charge in [0, 0.05) is 6.04 Å². The van der Waals surface area contributed by atoms with Crippen LogP contribution in [0.25, 0.3) is 0 Å². The second-order valence-electron chi connectivity index (χ2n) is 11.3. The molecule has 3 heteroatoms. The zero-order chi connectivity index (χ0) is 19.6. The van der Waals surface area contributed by atoms with Crippen LogP contribution in [0, 0.1) is 40.4 Å². The molecule has 9 unspecified atom stereocenters. The van der Waals surface area contributed by atoms with Crippen LogP contribution < -0.4 is 5.73 Å². The van der Waals surface area contributed by atoms with Crippen LogP contribution in [0.5, 0.6) is 0 Å². The Morgan fingerprint density at radius 3 is 2.37 bits per heavy atom. The maximum Gasteiger partial charge on any atom is 0.160 e. The Kier molecular flexibility index (Phi) is 4.85. The van der Waals surface area contributed by atoms with Crippen LogP contribution in [0.3, 0.4) is 0 Å². The fourth-order valence-electron chi connectivity index (χ4n) is 8.15. The molecule has 9 atom stereocenters. The molecule has 0 aliphatic heterocycles. The molecule has 0 heterocycles. The number of fused-ring (bicyclic) bond motifs is 5. The first-order valence-electron chi connectivity index (χ1n) is 11.4. The lowest BCUT2D eigenvalue weighted by molar-refractivity contribution is -0.263. The molecule has 27 heavy (non-hydrogen) atoms. The van der Waals surface area contributed by atoms with Gasteiger partial charge in [-0.1, -0.05) is 19.9 Å². The first-order chi connectivity index (χ1) is 12.6. The summed E-state index contributed by atoms with van der Waals surface area (Å²) in [7, 11) is 0. The second kappa shape index (κ2) is 6.57. The zero-order valence-electron chi connectivity index (χ0n) is 17.9. The van der Waals surface area contributed by atoms with E-state index < -0.39 is 5.79 Å². The van der Waals surface area contributed by atoms with Gasteiger partial charge in [0.2, 0.25) is 0 Å². The van der Waals surface area contributed by atoms with Crippen LogP contribution >= 0.6 is 0 Å². The summed E-state index contributed by atoms with van der Waals surface area (Å²) in [6.45, 7) is 12.8. The predicted octanol–water partition coefficient (Wildman–Crippen LogP) is 4.88. The molecule has 154 valence electrons. The molecule has 4 saturated carbocycles. The first kappa shape index (κ1) is 19.9. The van der Waals surface area contributed by atoms with E-state index in [1.807, 2.05) is 0 Å². The topological polar surface area (TPSA) is 55.5 Å². The highest BCUT2D eigenvalue weighted by Crippen LogP contribution is 2.68. The molecule has 0 saturated heterocycles. The predicted molar refractivity (Wildman–Crippen MR) is 110 cm³/mol. The van der Waals surface area contributed by atoms with Crippen LogP contribution in [-0.2, 0) is 4.74 Å². The SMILES string of the molecule is C=CC1CCC2C3C(OC(C)(C)O)CC4CC(N)CCC4(C)C3CCC12C. The molecule has 4 aliphatic rings. The zero-order valence-corrected chi connectivity index (χ0v) is 17.9. The molecule has 0 amide bonds. The summed E-state index contributed by atoms with van der Waals surface area (Å²) >= 11 is 0. The largest absolute Gasteiger partial charge is 0.366 e. The molecular formula is C24H41NO2. The van der Waals surface area contributed by atoms with Crippen molar-refractivity contribution in [3.05, 3.63) is 12.7 Å². The molecule has 0 aromatic heterocycles. The molecule has 4 aliphatic carbocycles. The summed E-state index contributed by atoms with van der Waals surface area (Å²) in [5.41, 5.74) is 7.14. The van der Waals surface area contributed by atoms with Crippen molar-refractivity contribution in [1.82, 2.24) is 0 Å². The van der Waals surface area contributed by atoms with E-state index in [2.05, 4.69) is 26.5 Å². The molecule has 0 aromatic rings. The minimum atomic E-state index is -1.07. The molecule has 3 N–H and O–H groups in total. The second-order valence-corrected chi connectivity index (χ2v) is 11.3. The number of hydrogen-bond acceptors (Lipinski definition) is 3. The molecular weight excluding hydrogens is 334 g/mol. The van der Waals surface area contributed by atoms with Crippen LogP contribution in [0.2, 0.25) is 0 Å². The summed E-state index contributed by atoms with van der Waals surface area (Å²) < 4.78 is 6.39. The van der Waals surface area contributed by atoms with E-state index in [-0.39, 0.29) is 6.10 Å². The van der Waals surface area contributed by atoms with E-state index in [0.29, 0.717) is 46.5 Å². The Balaban J connectivity index is 1.71. The maximum absolute atomic E-state index is 10.5. The average molecular weight is 376 g/mol. The van der Waals surface area contributed by atoms with Gasteiger partial charge in [-0.25, -0.2) is 0 Å². The lowest BCUT2D eigenvalue weighted by Gasteiger charge is -2.63. The minimum absolute atomic E-state index is 0.159. The Bertz CT molecular complexity index is 583. The van der Waals surface area contributed by atoms with Crippen molar-refractivity contribution in [3.8, 4) is 0 Å². The van der Waals surface area contributed by atoms with Gasteiger partial charge in [0.1, 0.15) is 0 Å². The molecule has 3 nitrogen and oxygen atoms in total. The van der Waals surface area contributed by atoms with Crippen molar-refractivity contribution in [2.24, 2.45) is 46.2 Å². The van der Waals surface area contributed by atoms with Crippen molar-refractivity contribution in [1.29, 1.82) is 0 Å². The third-order valence-electron chi connectivity index (χ3n) is 9.50. The maximum atomic E-state index is 10.5. The van der Waals surface area contributed by atoms with E-state index in [9.17, 15) is 5.11 Å². The van der Waals surface area contributed by atoms with Crippen LogP contribution in [0.1, 0.15) is 79.1 Å². The van der Waals surface area contributed by atoms with Gasteiger partial charge in [0.25, 0.3) is 0 Å².